The quantitative estimate of drug-likeness (QED) is 0.909. The smallest absolute Gasteiger partial charge is 0.405 e. The molecule has 0 aliphatic carbocycles. The summed E-state index contributed by atoms with van der Waals surface area (Å²) < 4.78 is 40.8. The molecule has 1 aromatic heterocycles. The van der Waals surface area contributed by atoms with Gasteiger partial charge in [0.05, 0.1) is 5.69 Å². The molecule has 0 aliphatic heterocycles. The van der Waals surface area contributed by atoms with E-state index in [1.54, 1.807) is 13.0 Å². The van der Waals surface area contributed by atoms with Crippen LogP contribution in [0.4, 0.5) is 13.2 Å². The monoisotopic (exact) mass is 269 g/mol. The fraction of sp³-hybridized carbons (Fsp3) is 0.154. The number of aryl methyl sites for hydroxylation is 1. The van der Waals surface area contributed by atoms with Gasteiger partial charge in [0.1, 0.15) is 5.75 Å². The van der Waals surface area contributed by atoms with Crippen LogP contribution >= 0.6 is 0 Å². The van der Waals surface area contributed by atoms with Crippen molar-refractivity contribution >= 4 is 0 Å². The topological polar surface area (TPSA) is 42.1 Å². The highest BCUT2D eigenvalue weighted by Gasteiger charge is 2.32. The molecule has 1 heterocycles. The molecule has 2 aromatic rings. The van der Waals surface area contributed by atoms with Crippen LogP contribution in [-0.4, -0.2) is 11.3 Å². The number of benzene rings is 1. The number of aromatic nitrogens is 1. The highest BCUT2D eigenvalue weighted by molar-refractivity contribution is 5.67. The van der Waals surface area contributed by atoms with Gasteiger partial charge in [-0.25, -0.2) is 0 Å². The number of hydrogen-bond acceptors (Lipinski definition) is 2. The Morgan fingerprint density at radius 1 is 1.21 bits per heavy atom. The molecule has 2 rings (SSSR count). The van der Waals surface area contributed by atoms with Crippen LogP contribution in [0, 0.1) is 6.92 Å². The van der Waals surface area contributed by atoms with Gasteiger partial charge in [0.15, 0.2) is 5.43 Å². The summed E-state index contributed by atoms with van der Waals surface area (Å²) in [6, 6.07) is 6.88. The molecule has 0 saturated carbocycles. The van der Waals surface area contributed by atoms with Crippen molar-refractivity contribution in [3.63, 3.8) is 0 Å². The van der Waals surface area contributed by atoms with E-state index in [4.69, 9.17) is 0 Å². The average molecular weight is 269 g/mol. The second-order valence-corrected chi connectivity index (χ2v) is 3.94. The molecule has 6 heteroatoms. The lowest BCUT2D eigenvalue weighted by atomic mass is 10.1. The van der Waals surface area contributed by atoms with Crippen LogP contribution in [0.15, 0.2) is 41.3 Å². The van der Waals surface area contributed by atoms with Crippen LogP contribution in [0.1, 0.15) is 5.56 Å². The average Bonchev–Trinajstić information content (AvgIpc) is 2.31. The molecule has 0 amide bonds. The van der Waals surface area contributed by atoms with Gasteiger partial charge in [-0.1, -0.05) is 12.1 Å². The van der Waals surface area contributed by atoms with Crippen LogP contribution in [-0.2, 0) is 0 Å². The molecule has 1 N–H and O–H groups in total. The summed E-state index contributed by atoms with van der Waals surface area (Å²) in [5.74, 6) is -0.352. The fourth-order valence-corrected chi connectivity index (χ4v) is 1.60. The number of para-hydroxylation sites is 1. The van der Waals surface area contributed by atoms with E-state index in [0.717, 1.165) is 0 Å². The molecule has 0 saturated heterocycles. The summed E-state index contributed by atoms with van der Waals surface area (Å²) in [5, 5.41) is 0. The number of alkyl halides is 3. The van der Waals surface area contributed by atoms with E-state index in [0.29, 0.717) is 5.56 Å². The maximum absolute atomic E-state index is 12.3. The lowest BCUT2D eigenvalue weighted by Crippen LogP contribution is -2.17. The Morgan fingerprint density at radius 2 is 1.89 bits per heavy atom. The Balaban J connectivity index is 2.50. The third-order valence-corrected chi connectivity index (χ3v) is 2.51. The van der Waals surface area contributed by atoms with Crippen molar-refractivity contribution in [2.24, 2.45) is 0 Å². The first-order valence-corrected chi connectivity index (χ1v) is 5.41. The van der Waals surface area contributed by atoms with Gasteiger partial charge < -0.3 is 9.72 Å². The standard InChI is InChI=1S/C13H10F3NO2/c1-8-7-17-10(6-11(8)18)9-4-2-3-5-12(9)19-13(14,15)16/h2-7H,1H3,(H,17,18). The van der Waals surface area contributed by atoms with Crippen molar-refractivity contribution in [3.05, 3.63) is 52.3 Å². The summed E-state index contributed by atoms with van der Waals surface area (Å²) in [7, 11) is 0. The Kier molecular flexibility index (Phi) is 3.33. The number of ether oxygens (including phenoxy) is 1. The highest BCUT2D eigenvalue weighted by Crippen LogP contribution is 2.32. The van der Waals surface area contributed by atoms with Crippen LogP contribution in [0.3, 0.4) is 0 Å². The van der Waals surface area contributed by atoms with Gasteiger partial charge in [-0.2, -0.15) is 0 Å². The molecule has 19 heavy (non-hydrogen) atoms. The molecule has 0 spiro atoms. The van der Waals surface area contributed by atoms with E-state index >= 15 is 0 Å². The molecule has 3 nitrogen and oxygen atoms in total. The van der Waals surface area contributed by atoms with E-state index in [1.165, 1.54) is 30.5 Å². The molecular weight excluding hydrogens is 259 g/mol. The molecule has 0 fully saturated rings. The van der Waals surface area contributed by atoms with Crippen molar-refractivity contribution < 1.29 is 17.9 Å². The Hall–Kier alpha value is -2.24. The first-order chi connectivity index (χ1) is 8.87. The molecule has 0 atom stereocenters. The van der Waals surface area contributed by atoms with E-state index in [2.05, 4.69) is 9.72 Å². The van der Waals surface area contributed by atoms with Gasteiger partial charge in [-0.15, -0.1) is 13.2 Å². The van der Waals surface area contributed by atoms with E-state index < -0.39 is 6.36 Å². The number of nitrogens with one attached hydrogen (secondary N) is 1. The first kappa shape index (κ1) is 13.2. The first-order valence-electron chi connectivity index (χ1n) is 5.41. The molecule has 0 unspecified atom stereocenters. The molecule has 100 valence electrons. The normalized spacial score (nSPS) is 11.4. The second kappa shape index (κ2) is 4.79. The van der Waals surface area contributed by atoms with Crippen molar-refractivity contribution in [1.82, 2.24) is 4.98 Å². The predicted molar refractivity (Wildman–Crippen MR) is 63.9 cm³/mol. The van der Waals surface area contributed by atoms with Gasteiger partial charge in [-0.05, 0) is 19.1 Å². The minimum absolute atomic E-state index is 0.178. The number of rotatable bonds is 2. The Labute approximate surface area is 106 Å². The lowest BCUT2D eigenvalue weighted by molar-refractivity contribution is -0.274. The molecule has 0 radical (unpaired) electrons. The minimum atomic E-state index is -4.78. The maximum atomic E-state index is 12.3. The van der Waals surface area contributed by atoms with Crippen molar-refractivity contribution in [2.75, 3.05) is 0 Å². The maximum Gasteiger partial charge on any atom is 0.573 e. The third-order valence-electron chi connectivity index (χ3n) is 2.51. The van der Waals surface area contributed by atoms with Crippen molar-refractivity contribution in [1.29, 1.82) is 0 Å². The van der Waals surface area contributed by atoms with E-state index in [1.807, 2.05) is 0 Å². The number of hydrogen-bond donors (Lipinski definition) is 1. The molecule has 1 aromatic carbocycles. The molecular formula is C13H10F3NO2. The summed E-state index contributed by atoms with van der Waals surface area (Å²) in [6.45, 7) is 1.61. The zero-order valence-corrected chi connectivity index (χ0v) is 9.91. The van der Waals surface area contributed by atoms with Gasteiger partial charge in [0, 0.05) is 23.4 Å². The van der Waals surface area contributed by atoms with Crippen molar-refractivity contribution in [3.8, 4) is 17.0 Å². The largest absolute Gasteiger partial charge is 0.573 e. The number of pyridine rings is 1. The van der Waals surface area contributed by atoms with Gasteiger partial charge in [-0.3, -0.25) is 4.79 Å². The number of aromatic amines is 1. The van der Waals surface area contributed by atoms with Crippen LogP contribution < -0.4 is 10.2 Å². The van der Waals surface area contributed by atoms with E-state index in [-0.39, 0.29) is 22.4 Å². The number of halogens is 3. The fourth-order valence-electron chi connectivity index (χ4n) is 1.60. The second-order valence-electron chi connectivity index (χ2n) is 3.94. The molecule has 0 aliphatic rings. The third kappa shape index (κ3) is 3.15. The zero-order valence-electron chi connectivity index (χ0n) is 9.91. The number of H-pyrrole nitrogens is 1. The van der Waals surface area contributed by atoms with Gasteiger partial charge in [0.2, 0.25) is 0 Å². The van der Waals surface area contributed by atoms with Crippen molar-refractivity contribution in [2.45, 2.75) is 13.3 Å². The summed E-state index contributed by atoms with van der Waals surface area (Å²) in [4.78, 5) is 14.3. The van der Waals surface area contributed by atoms with Gasteiger partial charge in [0.25, 0.3) is 0 Å². The lowest BCUT2D eigenvalue weighted by Gasteiger charge is -2.13. The predicted octanol–water partition coefficient (Wildman–Crippen LogP) is 3.25. The summed E-state index contributed by atoms with van der Waals surface area (Å²) in [5.41, 5.74) is 0.681. The van der Waals surface area contributed by atoms with Gasteiger partial charge >= 0.3 is 6.36 Å². The zero-order chi connectivity index (χ0) is 14.0. The van der Waals surface area contributed by atoms with Crippen LogP contribution in [0.5, 0.6) is 5.75 Å². The summed E-state index contributed by atoms with van der Waals surface area (Å²) in [6.07, 6.45) is -3.33. The van der Waals surface area contributed by atoms with Crippen LogP contribution in [0.2, 0.25) is 0 Å². The SMILES string of the molecule is Cc1c[nH]c(-c2ccccc2OC(F)(F)F)cc1=O. The van der Waals surface area contributed by atoms with E-state index in [9.17, 15) is 18.0 Å². The molecule has 0 bridgehead atoms. The Bertz CT molecular complexity index is 647. The van der Waals surface area contributed by atoms with Crippen LogP contribution in [0.25, 0.3) is 11.3 Å². The minimum Gasteiger partial charge on any atom is -0.405 e. The highest BCUT2D eigenvalue weighted by atomic mass is 19.4. The summed E-state index contributed by atoms with van der Waals surface area (Å²) >= 11 is 0. The Morgan fingerprint density at radius 3 is 2.53 bits per heavy atom.